The first-order valence-corrected chi connectivity index (χ1v) is 10.4. The van der Waals surface area contributed by atoms with Crippen LogP contribution in [-0.2, 0) is 16.1 Å². The molecule has 0 bridgehead atoms. The maximum absolute atomic E-state index is 12.8. The first-order valence-electron chi connectivity index (χ1n) is 10.4. The second kappa shape index (κ2) is 9.12. The highest BCUT2D eigenvalue weighted by Crippen LogP contribution is 2.26. The van der Waals surface area contributed by atoms with Crippen LogP contribution in [0.1, 0.15) is 37.0 Å². The van der Waals surface area contributed by atoms with E-state index in [1.807, 2.05) is 44.2 Å². The van der Waals surface area contributed by atoms with Crippen molar-refractivity contribution in [2.45, 2.75) is 40.7 Å². The lowest BCUT2D eigenvalue weighted by atomic mass is 10.1. The van der Waals surface area contributed by atoms with E-state index in [1.165, 1.54) is 5.56 Å². The number of carbonyl (C=O) groups excluding carboxylic acids is 2. The van der Waals surface area contributed by atoms with Gasteiger partial charge in [-0.3, -0.25) is 9.59 Å². The molecule has 1 aliphatic rings. The molecule has 2 amide bonds. The lowest BCUT2D eigenvalue weighted by molar-refractivity contribution is -0.128. The quantitative estimate of drug-likeness (QED) is 0.769. The Labute approximate surface area is 173 Å². The van der Waals surface area contributed by atoms with Crippen LogP contribution in [0, 0.1) is 19.8 Å². The van der Waals surface area contributed by atoms with E-state index >= 15 is 0 Å². The SMILES string of the molecule is CCN(CC)c1ccc(NC(=O)C2CC(=O)N(Cc3cccc(C)c3)C2)c(C)c1. The fourth-order valence-electron chi connectivity index (χ4n) is 3.94. The molecule has 154 valence electrons. The van der Waals surface area contributed by atoms with Crippen LogP contribution in [0.2, 0.25) is 0 Å². The molecule has 5 heteroatoms. The third-order valence-electron chi connectivity index (χ3n) is 5.64. The van der Waals surface area contributed by atoms with Gasteiger partial charge < -0.3 is 15.1 Å². The number of amides is 2. The summed E-state index contributed by atoms with van der Waals surface area (Å²) in [5.41, 5.74) is 5.28. The van der Waals surface area contributed by atoms with Crippen LogP contribution in [0.3, 0.4) is 0 Å². The second-order valence-corrected chi connectivity index (χ2v) is 7.83. The Morgan fingerprint density at radius 3 is 2.55 bits per heavy atom. The molecule has 0 saturated carbocycles. The number of anilines is 2. The summed E-state index contributed by atoms with van der Waals surface area (Å²) >= 11 is 0. The largest absolute Gasteiger partial charge is 0.372 e. The highest BCUT2D eigenvalue weighted by atomic mass is 16.2. The molecule has 1 saturated heterocycles. The van der Waals surface area contributed by atoms with Crippen molar-refractivity contribution in [1.82, 2.24) is 4.90 Å². The van der Waals surface area contributed by atoms with E-state index < -0.39 is 0 Å². The molecule has 1 heterocycles. The Morgan fingerprint density at radius 1 is 1.14 bits per heavy atom. The van der Waals surface area contributed by atoms with E-state index in [2.05, 4.69) is 36.2 Å². The number of aryl methyl sites for hydroxylation is 2. The summed E-state index contributed by atoms with van der Waals surface area (Å²) in [5, 5.41) is 3.03. The summed E-state index contributed by atoms with van der Waals surface area (Å²) < 4.78 is 0. The predicted molar refractivity (Wildman–Crippen MR) is 118 cm³/mol. The van der Waals surface area contributed by atoms with Crippen LogP contribution in [0.5, 0.6) is 0 Å². The van der Waals surface area contributed by atoms with Gasteiger partial charge >= 0.3 is 0 Å². The van der Waals surface area contributed by atoms with Gasteiger partial charge in [-0.1, -0.05) is 29.8 Å². The number of rotatable bonds is 7. The number of hydrogen-bond donors (Lipinski definition) is 1. The average molecular weight is 394 g/mol. The zero-order chi connectivity index (χ0) is 21.0. The van der Waals surface area contributed by atoms with Crippen molar-refractivity contribution in [3.05, 3.63) is 59.2 Å². The summed E-state index contributed by atoms with van der Waals surface area (Å²) in [7, 11) is 0. The van der Waals surface area contributed by atoms with Gasteiger partial charge in [0.05, 0.1) is 5.92 Å². The minimum atomic E-state index is -0.311. The van der Waals surface area contributed by atoms with Gasteiger partial charge in [0.2, 0.25) is 11.8 Å². The van der Waals surface area contributed by atoms with Crippen molar-refractivity contribution in [2.75, 3.05) is 29.9 Å². The van der Waals surface area contributed by atoms with Crippen molar-refractivity contribution in [2.24, 2.45) is 5.92 Å². The Bertz CT molecular complexity index is 889. The molecule has 29 heavy (non-hydrogen) atoms. The molecular weight excluding hydrogens is 362 g/mol. The number of benzene rings is 2. The molecule has 1 fully saturated rings. The van der Waals surface area contributed by atoms with Gasteiger partial charge in [-0.05, 0) is 57.0 Å². The third-order valence-corrected chi connectivity index (χ3v) is 5.64. The van der Waals surface area contributed by atoms with Crippen LogP contribution in [0.4, 0.5) is 11.4 Å². The highest BCUT2D eigenvalue weighted by Gasteiger charge is 2.34. The minimum Gasteiger partial charge on any atom is -0.372 e. The van der Waals surface area contributed by atoms with E-state index in [0.717, 1.165) is 35.6 Å². The zero-order valence-corrected chi connectivity index (χ0v) is 17.9. The molecule has 1 N–H and O–H groups in total. The van der Waals surface area contributed by atoms with Crippen molar-refractivity contribution >= 4 is 23.2 Å². The summed E-state index contributed by atoms with van der Waals surface area (Å²) in [4.78, 5) is 29.3. The van der Waals surface area contributed by atoms with E-state index in [1.54, 1.807) is 4.90 Å². The van der Waals surface area contributed by atoms with Crippen LogP contribution in [0.25, 0.3) is 0 Å². The van der Waals surface area contributed by atoms with Crippen molar-refractivity contribution in [1.29, 1.82) is 0 Å². The summed E-state index contributed by atoms with van der Waals surface area (Å²) in [6.07, 6.45) is 0.272. The van der Waals surface area contributed by atoms with E-state index in [4.69, 9.17) is 0 Å². The van der Waals surface area contributed by atoms with E-state index in [9.17, 15) is 9.59 Å². The first kappa shape index (κ1) is 20.9. The third kappa shape index (κ3) is 4.97. The Kier molecular flexibility index (Phi) is 6.57. The van der Waals surface area contributed by atoms with Crippen LogP contribution in [-0.4, -0.2) is 36.3 Å². The molecule has 2 aromatic rings. The Balaban J connectivity index is 1.63. The number of nitrogens with one attached hydrogen (secondary N) is 1. The predicted octanol–water partition coefficient (Wildman–Crippen LogP) is 4.14. The van der Waals surface area contributed by atoms with Crippen molar-refractivity contribution < 1.29 is 9.59 Å². The normalized spacial score (nSPS) is 16.2. The molecule has 3 rings (SSSR count). The van der Waals surface area contributed by atoms with Crippen molar-refractivity contribution in [3.8, 4) is 0 Å². The maximum atomic E-state index is 12.8. The molecule has 1 unspecified atom stereocenters. The number of carbonyl (C=O) groups is 2. The minimum absolute atomic E-state index is 0.0419. The van der Waals surface area contributed by atoms with Gasteiger partial charge in [0, 0.05) is 44.0 Å². The molecule has 0 aliphatic carbocycles. The van der Waals surface area contributed by atoms with E-state index in [-0.39, 0.29) is 24.2 Å². The van der Waals surface area contributed by atoms with Crippen LogP contribution in [0.15, 0.2) is 42.5 Å². The smallest absolute Gasteiger partial charge is 0.229 e. The fourth-order valence-corrected chi connectivity index (χ4v) is 3.94. The standard InChI is InChI=1S/C24H31N3O2/c1-5-26(6-2)21-10-11-22(18(4)13-21)25-24(29)20-14-23(28)27(16-20)15-19-9-7-8-17(3)12-19/h7-13,20H,5-6,14-16H2,1-4H3,(H,25,29). The van der Waals surface area contributed by atoms with Gasteiger partial charge in [0.15, 0.2) is 0 Å². The molecule has 0 radical (unpaired) electrons. The summed E-state index contributed by atoms with van der Waals surface area (Å²) in [5.74, 6) is -0.349. The van der Waals surface area contributed by atoms with Gasteiger partial charge in [0.1, 0.15) is 0 Å². The topological polar surface area (TPSA) is 52.7 Å². The van der Waals surface area contributed by atoms with Gasteiger partial charge in [-0.2, -0.15) is 0 Å². The number of hydrogen-bond acceptors (Lipinski definition) is 3. The summed E-state index contributed by atoms with van der Waals surface area (Å²) in [6, 6.07) is 14.3. The lowest BCUT2D eigenvalue weighted by Crippen LogP contribution is -2.28. The Morgan fingerprint density at radius 2 is 1.90 bits per heavy atom. The second-order valence-electron chi connectivity index (χ2n) is 7.83. The monoisotopic (exact) mass is 393 g/mol. The molecule has 1 atom stereocenters. The first-order chi connectivity index (χ1) is 13.9. The fraction of sp³-hybridized carbons (Fsp3) is 0.417. The molecular formula is C24H31N3O2. The highest BCUT2D eigenvalue weighted by molar-refractivity contribution is 5.97. The molecule has 0 aromatic heterocycles. The molecule has 1 aliphatic heterocycles. The van der Waals surface area contributed by atoms with Gasteiger partial charge in [-0.15, -0.1) is 0 Å². The maximum Gasteiger partial charge on any atom is 0.229 e. The summed E-state index contributed by atoms with van der Waals surface area (Å²) in [6.45, 7) is 11.2. The van der Waals surface area contributed by atoms with Crippen LogP contribution >= 0.6 is 0 Å². The van der Waals surface area contributed by atoms with Gasteiger partial charge in [0.25, 0.3) is 0 Å². The van der Waals surface area contributed by atoms with Crippen LogP contribution < -0.4 is 10.2 Å². The van der Waals surface area contributed by atoms with Crippen molar-refractivity contribution in [3.63, 3.8) is 0 Å². The Hall–Kier alpha value is -2.82. The van der Waals surface area contributed by atoms with E-state index in [0.29, 0.717) is 13.1 Å². The van der Waals surface area contributed by atoms with Gasteiger partial charge in [-0.25, -0.2) is 0 Å². The number of likely N-dealkylation sites (tertiary alicyclic amines) is 1. The molecule has 5 nitrogen and oxygen atoms in total. The zero-order valence-electron chi connectivity index (χ0n) is 17.9. The lowest BCUT2D eigenvalue weighted by Gasteiger charge is -2.22. The average Bonchev–Trinajstić information content (AvgIpc) is 3.05. The molecule has 0 spiro atoms. The number of nitrogens with zero attached hydrogens (tertiary/aromatic N) is 2. The molecule has 2 aromatic carbocycles.